The molecule has 0 spiro atoms. The molecular formula is C22H20O. The van der Waals surface area contributed by atoms with Gasteiger partial charge in [0, 0.05) is 0 Å². The first-order valence-electron chi connectivity index (χ1n) is 8.11. The van der Waals surface area contributed by atoms with Crippen molar-refractivity contribution in [1.82, 2.24) is 0 Å². The predicted molar refractivity (Wildman–Crippen MR) is 95.3 cm³/mol. The first kappa shape index (κ1) is 14.2. The van der Waals surface area contributed by atoms with E-state index in [0.29, 0.717) is 0 Å². The smallest absolute Gasteiger partial charge is 0.0727 e. The van der Waals surface area contributed by atoms with Crippen molar-refractivity contribution >= 4 is 0 Å². The first-order valence-corrected chi connectivity index (χ1v) is 8.11. The summed E-state index contributed by atoms with van der Waals surface area (Å²) in [5, 5.41) is 0. The summed E-state index contributed by atoms with van der Waals surface area (Å²) >= 11 is 0. The van der Waals surface area contributed by atoms with Crippen LogP contribution in [0.1, 0.15) is 22.3 Å². The molecule has 4 rings (SSSR count). The van der Waals surface area contributed by atoms with Crippen molar-refractivity contribution in [3.8, 4) is 22.3 Å². The molecule has 3 aromatic rings. The normalized spacial score (nSPS) is 13.1. The second-order valence-electron chi connectivity index (χ2n) is 6.18. The van der Waals surface area contributed by atoms with E-state index in [1.165, 1.54) is 44.5 Å². The standard InChI is InChI=1S/C22H20O/c1-15-19-13-23-14-20(19)16(2)22(18-11-7-4-8-12-18)21(15)17-9-5-3-6-10-17/h3-12H,13-14H2,1-2H3. The zero-order valence-electron chi connectivity index (χ0n) is 13.6. The minimum Gasteiger partial charge on any atom is -0.372 e. The van der Waals surface area contributed by atoms with E-state index in [0.717, 1.165) is 13.2 Å². The lowest BCUT2D eigenvalue weighted by Crippen LogP contribution is -2.00. The van der Waals surface area contributed by atoms with Gasteiger partial charge in [0.15, 0.2) is 0 Å². The van der Waals surface area contributed by atoms with Gasteiger partial charge in [-0.3, -0.25) is 0 Å². The summed E-state index contributed by atoms with van der Waals surface area (Å²) in [7, 11) is 0. The second-order valence-corrected chi connectivity index (χ2v) is 6.18. The first-order chi connectivity index (χ1) is 11.3. The van der Waals surface area contributed by atoms with Gasteiger partial charge in [-0.05, 0) is 58.4 Å². The third-order valence-electron chi connectivity index (χ3n) is 4.89. The van der Waals surface area contributed by atoms with Gasteiger partial charge in [0.2, 0.25) is 0 Å². The van der Waals surface area contributed by atoms with E-state index in [2.05, 4.69) is 74.5 Å². The summed E-state index contributed by atoms with van der Waals surface area (Å²) in [4.78, 5) is 0. The third-order valence-corrected chi connectivity index (χ3v) is 4.89. The van der Waals surface area contributed by atoms with Crippen LogP contribution >= 0.6 is 0 Å². The van der Waals surface area contributed by atoms with Gasteiger partial charge in [-0.25, -0.2) is 0 Å². The Morgan fingerprint density at radius 2 is 1.00 bits per heavy atom. The fourth-order valence-corrected chi connectivity index (χ4v) is 3.71. The molecule has 1 nitrogen and oxygen atoms in total. The van der Waals surface area contributed by atoms with Crippen LogP contribution in [0.3, 0.4) is 0 Å². The minimum atomic E-state index is 0.733. The molecule has 1 aliphatic heterocycles. The van der Waals surface area contributed by atoms with Crippen LogP contribution in [0.25, 0.3) is 22.3 Å². The molecule has 3 aromatic carbocycles. The van der Waals surface area contributed by atoms with Gasteiger partial charge in [0.05, 0.1) is 13.2 Å². The quantitative estimate of drug-likeness (QED) is 0.592. The van der Waals surface area contributed by atoms with Crippen LogP contribution < -0.4 is 0 Å². The van der Waals surface area contributed by atoms with Crippen molar-refractivity contribution in [3.63, 3.8) is 0 Å². The summed E-state index contributed by atoms with van der Waals surface area (Å²) < 4.78 is 5.76. The number of hydrogen-bond acceptors (Lipinski definition) is 1. The molecule has 114 valence electrons. The zero-order chi connectivity index (χ0) is 15.8. The molecule has 0 radical (unpaired) electrons. The molecule has 0 saturated carbocycles. The Bertz CT molecular complexity index is 776. The summed E-state index contributed by atoms with van der Waals surface area (Å²) in [6, 6.07) is 21.4. The Morgan fingerprint density at radius 1 is 0.609 bits per heavy atom. The molecule has 0 atom stereocenters. The number of rotatable bonds is 2. The fraction of sp³-hybridized carbons (Fsp3) is 0.182. The lowest BCUT2D eigenvalue weighted by Gasteiger charge is -2.20. The Labute approximate surface area is 137 Å². The fourth-order valence-electron chi connectivity index (χ4n) is 3.71. The van der Waals surface area contributed by atoms with E-state index in [4.69, 9.17) is 4.74 Å². The maximum atomic E-state index is 5.76. The Hall–Kier alpha value is -2.38. The van der Waals surface area contributed by atoms with Gasteiger partial charge in [-0.1, -0.05) is 60.7 Å². The van der Waals surface area contributed by atoms with Crippen LogP contribution in [0.4, 0.5) is 0 Å². The highest BCUT2D eigenvalue weighted by atomic mass is 16.5. The van der Waals surface area contributed by atoms with Crippen LogP contribution in [0.15, 0.2) is 60.7 Å². The molecule has 1 heterocycles. The SMILES string of the molecule is Cc1c2c(c(C)c(-c3ccccc3)c1-c1ccccc1)COC2. The highest BCUT2D eigenvalue weighted by Gasteiger charge is 2.24. The number of fused-ring (bicyclic) bond motifs is 1. The van der Waals surface area contributed by atoms with Gasteiger partial charge in [-0.2, -0.15) is 0 Å². The van der Waals surface area contributed by atoms with Crippen molar-refractivity contribution in [2.24, 2.45) is 0 Å². The van der Waals surface area contributed by atoms with Crippen LogP contribution in [0, 0.1) is 13.8 Å². The van der Waals surface area contributed by atoms with Gasteiger partial charge < -0.3 is 4.74 Å². The van der Waals surface area contributed by atoms with E-state index in [1.807, 2.05) is 0 Å². The van der Waals surface area contributed by atoms with Crippen molar-refractivity contribution in [2.75, 3.05) is 0 Å². The van der Waals surface area contributed by atoms with Crippen LogP contribution in [0.5, 0.6) is 0 Å². The topological polar surface area (TPSA) is 9.23 Å². The molecule has 0 aliphatic carbocycles. The molecule has 0 N–H and O–H groups in total. The molecule has 23 heavy (non-hydrogen) atoms. The predicted octanol–water partition coefficient (Wildman–Crippen LogP) is 5.67. The van der Waals surface area contributed by atoms with E-state index >= 15 is 0 Å². The van der Waals surface area contributed by atoms with Crippen molar-refractivity contribution in [3.05, 3.63) is 82.9 Å². The molecular weight excluding hydrogens is 280 g/mol. The number of ether oxygens (including phenoxy) is 1. The lowest BCUT2D eigenvalue weighted by molar-refractivity contribution is 0.134. The van der Waals surface area contributed by atoms with Crippen LogP contribution in [-0.4, -0.2) is 0 Å². The largest absolute Gasteiger partial charge is 0.372 e. The third kappa shape index (κ3) is 2.29. The monoisotopic (exact) mass is 300 g/mol. The van der Waals surface area contributed by atoms with E-state index < -0.39 is 0 Å². The number of hydrogen-bond donors (Lipinski definition) is 0. The average molecular weight is 300 g/mol. The highest BCUT2D eigenvalue weighted by molar-refractivity contribution is 5.89. The average Bonchev–Trinajstić information content (AvgIpc) is 3.10. The summed E-state index contributed by atoms with van der Waals surface area (Å²) in [5.41, 5.74) is 10.7. The van der Waals surface area contributed by atoms with Crippen molar-refractivity contribution < 1.29 is 4.74 Å². The van der Waals surface area contributed by atoms with Crippen LogP contribution in [0.2, 0.25) is 0 Å². The zero-order valence-corrected chi connectivity index (χ0v) is 13.6. The molecule has 0 amide bonds. The van der Waals surface area contributed by atoms with E-state index in [9.17, 15) is 0 Å². The molecule has 1 heteroatoms. The van der Waals surface area contributed by atoms with Gasteiger partial charge >= 0.3 is 0 Å². The summed E-state index contributed by atoms with van der Waals surface area (Å²) in [5.74, 6) is 0. The highest BCUT2D eigenvalue weighted by Crippen LogP contribution is 2.43. The van der Waals surface area contributed by atoms with Crippen molar-refractivity contribution in [2.45, 2.75) is 27.1 Å². The van der Waals surface area contributed by atoms with Gasteiger partial charge in [0.1, 0.15) is 0 Å². The molecule has 1 aliphatic rings. The minimum absolute atomic E-state index is 0.733. The van der Waals surface area contributed by atoms with E-state index in [1.54, 1.807) is 0 Å². The molecule has 0 unspecified atom stereocenters. The maximum Gasteiger partial charge on any atom is 0.0727 e. The Morgan fingerprint density at radius 3 is 1.39 bits per heavy atom. The van der Waals surface area contributed by atoms with E-state index in [-0.39, 0.29) is 0 Å². The molecule has 0 fully saturated rings. The molecule has 0 bridgehead atoms. The van der Waals surface area contributed by atoms with Crippen molar-refractivity contribution in [1.29, 1.82) is 0 Å². The second kappa shape index (κ2) is 5.68. The summed E-state index contributed by atoms with van der Waals surface area (Å²) in [6.07, 6.45) is 0. The molecule has 0 saturated heterocycles. The molecule has 0 aromatic heterocycles. The summed E-state index contributed by atoms with van der Waals surface area (Å²) in [6.45, 7) is 5.94. The Kier molecular flexibility index (Phi) is 3.51. The van der Waals surface area contributed by atoms with Gasteiger partial charge in [-0.15, -0.1) is 0 Å². The Balaban J connectivity index is 2.10. The number of benzene rings is 3. The van der Waals surface area contributed by atoms with Crippen LogP contribution in [-0.2, 0) is 18.0 Å². The van der Waals surface area contributed by atoms with Gasteiger partial charge in [0.25, 0.3) is 0 Å². The lowest BCUT2D eigenvalue weighted by atomic mass is 9.83. The maximum absolute atomic E-state index is 5.76.